The first-order valence-electron chi connectivity index (χ1n) is 13.1. The normalized spacial score (nSPS) is 14.4. The van der Waals surface area contributed by atoms with Gasteiger partial charge in [0, 0.05) is 40.7 Å². The van der Waals surface area contributed by atoms with Gasteiger partial charge < -0.3 is 14.6 Å². The summed E-state index contributed by atoms with van der Waals surface area (Å²) in [6, 6.07) is 16.5. The van der Waals surface area contributed by atoms with Gasteiger partial charge in [0.2, 0.25) is 5.78 Å². The summed E-state index contributed by atoms with van der Waals surface area (Å²) in [4.78, 5) is 16.5. The lowest BCUT2D eigenvalue weighted by atomic mass is 9.93. The highest BCUT2D eigenvalue weighted by atomic mass is 32.1. The highest BCUT2D eigenvalue weighted by Crippen LogP contribution is 2.43. The number of carbonyl (C=O) groups is 1. The molecular weight excluding hydrogens is 513 g/mol. The number of hydrogen-bond donors (Lipinski definition) is 1. The largest absolute Gasteiger partial charge is 0.508 e. The number of thiophene rings is 1. The minimum Gasteiger partial charge on any atom is -0.508 e. The van der Waals surface area contributed by atoms with Crippen molar-refractivity contribution in [1.29, 1.82) is 0 Å². The van der Waals surface area contributed by atoms with Crippen molar-refractivity contribution in [3.05, 3.63) is 81.7 Å². The van der Waals surface area contributed by atoms with E-state index < -0.39 is 0 Å². The van der Waals surface area contributed by atoms with Crippen LogP contribution in [-0.2, 0) is 0 Å². The monoisotopic (exact) mass is 547 g/mol. The molecule has 0 unspecified atom stereocenters. The fraction of sp³-hybridized carbons (Fsp3) is 0.344. The molecule has 1 saturated heterocycles. The molecule has 0 atom stereocenters. The number of hydrogen-bond acceptors (Lipinski definition) is 6. The van der Waals surface area contributed by atoms with Gasteiger partial charge in [-0.1, -0.05) is 31.5 Å². The summed E-state index contributed by atoms with van der Waals surface area (Å²) in [6.07, 6.45) is 0.0749. The number of nitrogens with zero attached hydrogens (tertiary/aromatic N) is 1. The molecule has 1 aliphatic rings. The zero-order valence-electron chi connectivity index (χ0n) is 23.0. The molecule has 0 saturated carbocycles. The number of aryl methyl sites for hydroxylation is 3. The van der Waals surface area contributed by atoms with Crippen molar-refractivity contribution >= 4 is 27.2 Å². The van der Waals surface area contributed by atoms with Crippen LogP contribution in [0.4, 0.5) is 4.39 Å². The number of benzene rings is 3. The van der Waals surface area contributed by atoms with E-state index in [1.807, 2.05) is 71.0 Å². The van der Waals surface area contributed by atoms with Crippen molar-refractivity contribution in [2.24, 2.45) is 5.41 Å². The van der Waals surface area contributed by atoms with Crippen LogP contribution in [0.15, 0.2) is 54.6 Å². The van der Waals surface area contributed by atoms with Crippen molar-refractivity contribution in [1.82, 2.24) is 4.90 Å². The van der Waals surface area contributed by atoms with E-state index in [1.54, 1.807) is 18.2 Å². The summed E-state index contributed by atoms with van der Waals surface area (Å²) in [7, 11) is 0. The van der Waals surface area contributed by atoms with E-state index in [4.69, 9.17) is 9.47 Å². The van der Waals surface area contributed by atoms with Crippen LogP contribution in [0.2, 0.25) is 0 Å². The Morgan fingerprint density at radius 1 is 1.03 bits per heavy atom. The van der Waals surface area contributed by atoms with Gasteiger partial charge in [0.15, 0.2) is 5.75 Å². The minimum absolute atomic E-state index is 0.0749. The second-order valence-corrected chi connectivity index (χ2v) is 12.4. The highest BCUT2D eigenvalue weighted by molar-refractivity contribution is 7.21. The van der Waals surface area contributed by atoms with E-state index in [2.05, 4.69) is 4.90 Å². The van der Waals surface area contributed by atoms with Crippen LogP contribution >= 0.6 is 11.3 Å². The second kappa shape index (κ2) is 10.6. The molecule has 39 heavy (non-hydrogen) atoms. The molecule has 3 aromatic carbocycles. The molecule has 1 fully saturated rings. The lowest BCUT2D eigenvalue weighted by Gasteiger charge is -2.42. The molecule has 1 N–H and O–H groups in total. The summed E-state index contributed by atoms with van der Waals surface area (Å²) in [5.41, 5.74) is 3.29. The van der Waals surface area contributed by atoms with E-state index in [0.717, 1.165) is 45.6 Å². The molecule has 1 aliphatic heterocycles. The van der Waals surface area contributed by atoms with Crippen LogP contribution in [0.25, 0.3) is 10.1 Å². The van der Waals surface area contributed by atoms with E-state index >= 15 is 0 Å². The van der Waals surface area contributed by atoms with Crippen molar-refractivity contribution in [2.75, 3.05) is 26.3 Å². The van der Waals surface area contributed by atoms with Crippen LogP contribution in [0.3, 0.4) is 0 Å². The first kappa shape index (κ1) is 27.2. The van der Waals surface area contributed by atoms with Crippen molar-refractivity contribution in [3.63, 3.8) is 0 Å². The fourth-order valence-electron chi connectivity index (χ4n) is 5.23. The average molecular weight is 548 g/mol. The molecule has 2 heterocycles. The lowest BCUT2D eigenvalue weighted by Crippen LogP contribution is -2.56. The van der Waals surface area contributed by atoms with Crippen LogP contribution < -0.4 is 9.47 Å². The number of alkyl halides is 1. The molecule has 5 nitrogen and oxygen atoms in total. The molecule has 0 bridgehead atoms. The quantitative estimate of drug-likeness (QED) is 0.219. The third-order valence-corrected chi connectivity index (χ3v) is 8.15. The van der Waals surface area contributed by atoms with Gasteiger partial charge in [0.1, 0.15) is 28.2 Å². The number of ether oxygens (including phenoxy) is 2. The molecule has 5 rings (SSSR count). The molecule has 204 valence electrons. The molecule has 7 heteroatoms. The van der Waals surface area contributed by atoms with E-state index in [-0.39, 0.29) is 29.7 Å². The van der Waals surface area contributed by atoms with Gasteiger partial charge in [-0.05, 0) is 74.4 Å². The number of fused-ring (bicyclic) bond motifs is 1. The maximum Gasteiger partial charge on any atom is 0.207 e. The SMILES string of the molecule is Cc1cc(C)c(C(=O)c2sc3cc(O)ccc3c2Oc2ccc(OC3CN(CC(C)(C)CF)C3)cc2)c(C)c1. The number of likely N-dealkylation sites (tertiary alicyclic amines) is 1. The van der Waals surface area contributed by atoms with Crippen molar-refractivity contribution in [2.45, 2.75) is 40.7 Å². The minimum atomic E-state index is -0.342. The zero-order chi connectivity index (χ0) is 27.9. The molecule has 1 aromatic heterocycles. The Balaban J connectivity index is 1.36. The van der Waals surface area contributed by atoms with E-state index in [0.29, 0.717) is 28.5 Å². The van der Waals surface area contributed by atoms with Gasteiger partial charge in [0.25, 0.3) is 0 Å². The first-order chi connectivity index (χ1) is 18.5. The summed E-state index contributed by atoms with van der Waals surface area (Å²) >= 11 is 1.32. The van der Waals surface area contributed by atoms with E-state index in [1.165, 1.54) is 11.3 Å². The first-order valence-corrected chi connectivity index (χ1v) is 14.0. The Kier molecular flexibility index (Phi) is 7.40. The number of aromatic hydroxyl groups is 1. The van der Waals surface area contributed by atoms with Crippen LogP contribution in [-0.4, -0.2) is 48.2 Å². The van der Waals surface area contributed by atoms with Crippen LogP contribution in [0.5, 0.6) is 23.0 Å². The van der Waals surface area contributed by atoms with E-state index in [9.17, 15) is 14.3 Å². The number of phenolic OH excluding ortho intramolecular Hbond substituents is 1. The Morgan fingerprint density at radius 3 is 2.31 bits per heavy atom. The predicted molar refractivity (Wildman–Crippen MR) is 155 cm³/mol. The molecule has 0 radical (unpaired) electrons. The second-order valence-electron chi connectivity index (χ2n) is 11.3. The summed E-state index contributed by atoms with van der Waals surface area (Å²) in [5.74, 6) is 1.85. The molecular formula is C32H34FNO4S. The van der Waals surface area contributed by atoms with Gasteiger partial charge in [0.05, 0.1) is 6.67 Å². The van der Waals surface area contributed by atoms with Crippen molar-refractivity contribution in [3.8, 4) is 23.0 Å². The molecule has 4 aromatic rings. The number of phenols is 1. The van der Waals surface area contributed by atoms with Gasteiger partial charge in [-0.2, -0.15) is 0 Å². The predicted octanol–water partition coefficient (Wildman–Crippen LogP) is 7.61. The van der Waals surface area contributed by atoms with Gasteiger partial charge in [-0.15, -0.1) is 11.3 Å². The Morgan fingerprint density at radius 2 is 1.67 bits per heavy atom. The standard InChI is InChI=1S/C32H34FNO4S/c1-19-12-20(2)28(21(3)13-19)29(36)31-30(26-11-6-22(35)14-27(26)39-31)38-24-9-7-23(8-10-24)37-25-15-34(16-25)18-32(4,5)17-33/h6-14,25,35H,15-18H2,1-5H3. The molecule has 0 aliphatic carbocycles. The summed E-state index contributed by atoms with van der Waals surface area (Å²) < 4.78 is 26.3. The molecule has 0 amide bonds. The number of ketones is 1. The Hall–Kier alpha value is -3.42. The molecule has 0 spiro atoms. The summed E-state index contributed by atoms with van der Waals surface area (Å²) in [5, 5.41) is 10.8. The maximum absolute atomic E-state index is 13.8. The number of halogens is 1. The topological polar surface area (TPSA) is 59.0 Å². The van der Waals surface area contributed by atoms with Crippen molar-refractivity contribution < 1.29 is 23.8 Å². The van der Waals surface area contributed by atoms with Gasteiger partial charge in [-0.3, -0.25) is 14.1 Å². The maximum atomic E-state index is 13.8. The fourth-order valence-corrected chi connectivity index (χ4v) is 6.34. The van der Waals surface area contributed by atoms with Crippen LogP contribution in [0, 0.1) is 26.2 Å². The summed E-state index contributed by atoms with van der Waals surface area (Å²) in [6.45, 7) is 11.7. The average Bonchev–Trinajstić information content (AvgIpc) is 3.20. The third kappa shape index (κ3) is 5.80. The van der Waals surface area contributed by atoms with Crippen LogP contribution in [0.1, 0.15) is 45.8 Å². The highest BCUT2D eigenvalue weighted by Gasteiger charge is 2.33. The third-order valence-electron chi connectivity index (χ3n) is 7.02. The number of carbonyl (C=O) groups excluding carboxylic acids is 1. The van der Waals surface area contributed by atoms with Gasteiger partial charge in [-0.25, -0.2) is 0 Å². The van der Waals surface area contributed by atoms with Gasteiger partial charge >= 0.3 is 0 Å². The lowest BCUT2D eigenvalue weighted by molar-refractivity contribution is -0.00596. The smallest absolute Gasteiger partial charge is 0.207 e. The zero-order valence-corrected chi connectivity index (χ0v) is 23.8. The number of rotatable bonds is 9. The Labute approximate surface area is 232 Å². The Bertz CT molecular complexity index is 1500.